The molecule has 0 amide bonds. The van der Waals surface area contributed by atoms with Gasteiger partial charge in [0.25, 0.3) is 0 Å². The molecule has 0 aliphatic carbocycles. The molecular weight excluding hydrogens is 240 g/mol. The third-order valence-corrected chi connectivity index (χ3v) is 2.87. The van der Waals surface area contributed by atoms with Crippen molar-refractivity contribution in [2.75, 3.05) is 24.8 Å². The second-order valence-electron chi connectivity index (χ2n) is 4.18. The summed E-state index contributed by atoms with van der Waals surface area (Å²) in [5.74, 6) is 2.34. The molecule has 2 rings (SSSR count). The first-order valence-electron chi connectivity index (χ1n) is 6.13. The Hall–Kier alpha value is -2.30. The predicted molar refractivity (Wildman–Crippen MR) is 76.6 cm³/mol. The summed E-state index contributed by atoms with van der Waals surface area (Å²) in [4.78, 5) is 8.50. The Bertz CT molecular complexity index is 527. The number of rotatable bonds is 5. The molecule has 0 saturated carbocycles. The highest BCUT2D eigenvalue weighted by molar-refractivity contribution is 5.43. The lowest BCUT2D eigenvalue weighted by atomic mass is 10.1. The molecule has 0 aliphatic heterocycles. The quantitative estimate of drug-likeness (QED) is 0.863. The lowest BCUT2D eigenvalue weighted by molar-refractivity contribution is 0.414. The monoisotopic (exact) mass is 258 g/mol. The van der Waals surface area contributed by atoms with Gasteiger partial charge in [-0.25, -0.2) is 4.98 Å². The summed E-state index contributed by atoms with van der Waals surface area (Å²) in [6, 6.07) is 8.11. The molecule has 1 atom stereocenters. The Balaban J connectivity index is 2.08. The van der Waals surface area contributed by atoms with Gasteiger partial charge < -0.3 is 15.4 Å². The van der Waals surface area contributed by atoms with Crippen molar-refractivity contribution >= 4 is 11.6 Å². The Morgan fingerprint density at radius 2 is 1.79 bits per heavy atom. The largest absolute Gasteiger partial charge is 0.497 e. The maximum Gasteiger partial charge on any atom is 0.147 e. The van der Waals surface area contributed by atoms with E-state index in [0.29, 0.717) is 0 Å². The maximum atomic E-state index is 5.15. The van der Waals surface area contributed by atoms with Crippen molar-refractivity contribution < 1.29 is 4.74 Å². The van der Waals surface area contributed by atoms with Gasteiger partial charge in [0.15, 0.2) is 0 Å². The van der Waals surface area contributed by atoms with E-state index in [4.69, 9.17) is 4.74 Å². The van der Waals surface area contributed by atoms with Crippen molar-refractivity contribution in [3.63, 3.8) is 0 Å². The topological polar surface area (TPSA) is 59.1 Å². The van der Waals surface area contributed by atoms with Crippen LogP contribution in [0.5, 0.6) is 5.75 Å². The molecule has 5 heteroatoms. The van der Waals surface area contributed by atoms with Crippen LogP contribution >= 0.6 is 0 Å². The van der Waals surface area contributed by atoms with E-state index in [0.717, 1.165) is 22.9 Å². The highest BCUT2D eigenvalue weighted by atomic mass is 16.5. The number of hydrogen-bond acceptors (Lipinski definition) is 5. The molecule has 0 aliphatic rings. The van der Waals surface area contributed by atoms with Crippen molar-refractivity contribution in [2.24, 2.45) is 0 Å². The van der Waals surface area contributed by atoms with Gasteiger partial charge in [0.1, 0.15) is 17.4 Å². The van der Waals surface area contributed by atoms with Crippen LogP contribution in [0.25, 0.3) is 0 Å². The van der Waals surface area contributed by atoms with E-state index in [1.165, 1.54) is 0 Å². The number of benzene rings is 1. The van der Waals surface area contributed by atoms with Crippen molar-refractivity contribution in [2.45, 2.75) is 13.0 Å². The average Bonchev–Trinajstić information content (AvgIpc) is 2.47. The van der Waals surface area contributed by atoms with Gasteiger partial charge in [0.2, 0.25) is 0 Å². The van der Waals surface area contributed by atoms with Gasteiger partial charge in [-0.2, -0.15) is 0 Å². The second-order valence-corrected chi connectivity index (χ2v) is 4.18. The van der Waals surface area contributed by atoms with E-state index in [2.05, 4.69) is 27.5 Å². The van der Waals surface area contributed by atoms with Gasteiger partial charge in [-0.05, 0) is 24.6 Å². The van der Waals surface area contributed by atoms with E-state index in [1.807, 2.05) is 31.3 Å². The van der Waals surface area contributed by atoms with Crippen molar-refractivity contribution in [3.8, 4) is 5.75 Å². The van der Waals surface area contributed by atoms with Crippen LogP contribution in [0.1, 0.15) is 18.5 Å². The van der Waals surface area contributed by atoms with Crippen LogP contribution in [-0.4, -0.2) is 24.1 Å². The van der Waals surface area contributed by atoms with E-state index < -0.39 is 0 Å². The van der Waals surface area contributed by atoms with Gasteiger partial charge in [-0.1, -0.05) is 12.1 Å². The van der Waals surface area contributed by atoms with Gasteiger partial charge in [-0.3, -0.25) is 4.98 Å². The Labute approximate surface area is 113 Å². The molecule has 0 fully saturated rings. The van der Waals surface area contributed by atoms with Gasteiger partial charge in [-0.15, -0.1) is 0 Å². The van der Waals surface area contributed by atoms with Crippen LogP contribution in [0.15, 0.2) is 36.7 Å². The van der Waals surface area contributed by atoms with E-state index in [9.17, 15) is 0 Å². The van der Waals surface area contributed by atoms with Crippen LogP contribution in [0.2, 0.25) is 0 Å². The van der Waals surface area contributed by atoms with Crippen molar-refractivity contribution in [3.05, 3.63) is 42.2 Å². The number of nitrogens with one attached hydrogen (secondary N) is 2. The fourth-order valence-electron chi connectivity index (χ4n) is 1.75. The number of aromatic nitrogens is 2. The first-order valence-corrected chi connectivity index (χ1v) is 6.13. The predicted octanol–water partition coefficient (Wildman–Crippen LogP) is 2.70. The smallest absolute Gasteiger partial charge is 0.147 e. The zero-order chi connectivity index (χ0) is 13.7. The molecule has 5 nitrogen and oxygen atoms in total. The minimum absolute atomic E-state index is 0.146. The Morgan fingerprint density at radius 3 is 2.42 bits per heavy atom. The fraction of sp³-hybridized carbons (Fsp3) is 0.286. The molecule has 100 valence electrons. The van der Waals surface area contributed by atoms with Gasteiger partial charge in [0, 0.05) is 13.1 Å². The van der Waals surface area contributed by atoms with Crippen molar-refractivity contribution in [1.29, 1.82) is 0 Å². The lowest BCUT2D eigenvalue weighted by Gasteiger charge is -2.15. The third-order valence-electron chi connectivity index (χ3n) is 2.87. The molecule has 0 radical (unpaired) electrons. The molecule has 1 aromatic carbocycles. The molecule has 1 unspecified atom stereocenters. The van der Waals surface area contributed by atoms with E-state index in [1.54, 1.807) is 19.5 Å². The first kappa shape index (κ1) is 13.1. The minimum atomic E-state index is 0.146. The summed E-state index contributed by atoms with van der Waals surface area (Å²) in [6.45, 7) is 2.08. The minimum Gasteiger partial charge on any atom is -0.497 e. The molecular formula is C14H18N4O. The summed E-state index contributed by atoms with van der Waals surface area (Å²) in [5.41, 5.74) is 1.16. The zero-order valence-electron chi connectivity index (χ0n) is 11.3. The third kappa shape index (κ3) is 3.34. The van der Waals surface area contributed by atoms with Crippen LogP contribution in [-0.2, 0) is 0 Å². The highest BCUT2D eigenvalue weighted by Crippen LogP contribution is 2.20. The molecule has 0 spiro atoms. The summed E-state index contributed by atoms with van der Waals surface area (Å²) in [6.07, 6.45) is 3.39. The van der Waals surface area contributed by atoms with Crippen LogP contribution in [0.4, 0.5) is 11.6 Å². The normalized spacial score (nSPS) is 11.7. The average molecular weight is 258 g/mol. The molecule has 0 bridgehead atoms. The first-order chi connectivity index (χ1) is 9.22. The highest BCUT2D eigenvalue weighted by Gasteiger charge is 2.06. The summed E-state index contributed by atoms with van der Waals surface area (Å²) in [7, 11) is 3.48. The Morgan fingerprint density at radius 1 is 1.11 bits per heavy atom. The lowest BCUT2D eigenvalue weighted by Crippen LogP contribution is -2.09. The molecule has 2 N–H and O–H groups in total. The van der Waals surface area contributed by atoms with Crippen LogP contribution in [0.3, 0.4) is 0 Å². The number of methoxy groups -OCH3 is 1. The number of ether oxygens (including phenoxy) is 1. The molecule has 1 aromatic heterocycles. The molecule has 2 aromatic rings. The van der Waals surface area contributed by atoms with Crippen LogP contribution in [0, 0.1) is 0 Å². The van der Waals surface area contributed by atoms with Crippen LogP contribution < -0.4 is 15.4 Å². The molecule has 0 saturated heterocycles. The maximum absolute atomic E-state index is 5.15. The van der Waals surface area contributed by atoms with E-state index in [-0.39, 0.29) is 6.04 Å². The Kier molecular flexibility index (Phi) is 4.18. The second kappa shape index (κ2) is 6.04. The SMILES string of the molecule is CNc1cncc(NC(C)c2ccc(OC)cc2)n1. The standard InChI is InChI=1S/C14H18N4O/c1-10(11-4-6-12(19-3)7-5-11)17-14-9-16-8-13(15-2)18-14/h4-10H,1-3H3,(H2,15,17,18). The molecule has 1 heterocycles. The van der Waals surface area contributed by atoms with Gasteiger partial charge in [0.05, 0.1) is 19.5 Å². The number of hydrogen-bond donors (Lipinski definition) is 2. The van der Waals surface area contributed by atoms with E-state index >= 15 is 0 Å². The summed E-state index contributed by atoms with van der Waals surface area (Å²) >= 11 is 0. The number of anilines is 2. The zero-order valence-corrected chi connectivity index (χ0v) is 11.3. The van der Waals surface area contributed by atoms with Gasteiger partial charge >= 0.3 is 0 Å². The summed E-state index contributed by atoms with van der Waals surface area (Å²) < 4.78 is 5.15. The molecule has 19 heavy (non-hydrogen) atoms. The fourth-order valence-corrected chi connectivity index (χ4v) is 1.75. The summed E-state index contributed by atoms with van der Waals surface area (Å²) in [5, 5.41) is 6.28. The number of nitrogens with zero attached hydrogens (tertiary/aromatic N) is 2. The van der Waals surface area contributed by atoms with Crippen molar-refractivity contribution in [1.82, 2.24) is 9.97 Å².